The fraction of sp³-hybridized carbons (Fsp3) is 0.267. The van der Waals surface area contributed by atoms with Gasteiger partial charge in [0, 0.05) is 28.4 Å². The molecule has 7 heteroatoms. The number of nitrogens with zero attached hydrogens (tertiary/aromatic N) is 1. The molecule has 0 bridgehead atoms. The van der Waals surface area contributed by atoms with Crippen LogP contribution >= 0.6 is 11.3 Å². The van der Waals surface area contributed by atoms with Crippen LogP contribution in [0.3, 0.4) is 0 Å². The summed E-state index contributed by atoms with van der Waals surface area (Å²) in [6, 6.07) is 6.48. The molecule has 0 spiro atoms. The molecule has 3 amide bonds. The van der Waals surface area contributed by atoms with Crippen molar-refractivity contribution in [2.45, 2.75) is 26.8 Å². The summed E-state index contributed by atoms with van der Waals surface area (Å²) >= 11 is 1.41. The number of nitrogens with one attached hydrogen (secondary N) is 3. The number of rotatable bonds is 4. The van der Waals surface area contributed by atoms with Crippen LogP contribution in [0, 0.1) is 6.92 Å². The summed E-state index contributed by atoms with van der Waals surface area (Å²) in [7, 11) is 0. The van der Waals surface area contributed by atoms with Crippen molar-refractivity contribution in [1.29, 1.82) is 0 Å². The summed E-state index contributed by atoms with van der Waals surface area (Å²) in [6.07, 6.45) is 1.70. The van der Waals surface area contributed by atoms with Crippen molar-refractivity contribution in [3.05, 3.63) is 40.9 Å². The van der Waals surface area contributed by atoms with Gasteiger partial charge in [-0.2, -0.15) is 0 Å². The third kappa shape index (κ3) is 4.56. The summed E-state index contributed by atoms with van der Waals surface area (Å²) in [5.41, 5.74) is 1.01. The topological polar surface area (TPSA) is 83.1 Å². The van der Waals surface area contributed by atoms with Crippen LogP contribution in [0.1, 0.15) is 29.1 Å². The van der Waals surface area contributed by atoms with Gasteiger partial charge in [-0.1, -0.05) is 6.07 Å². The first-order valence-electron chi connectivity index (χ1n) is 6.85. The number of aromatic nitrogens is 1. The molecule has 1 heterocycles. The van der Waals surface area contributed by atoms with E-state index in [1.54, 1.807) is 30.5 Å². The molecule has 1 aromatic heterocycles. The standard InChI is InChI=1S/C15H18N4O2S/c1-9(2)17-14(21)18-12-6-4-5-11(7-12)13(20)19-15-16-8-10(3)22-15/h4-9H,1-3H3,(H,16,19,20)(H2,17,18,21). The minimum absolute atomic E-state index is 0.0413. The van der Waals surface area contributed by atoms with Gasteiger partial charge in [-0.3, -0.25) is 10.1 Å². The first-order chi connectivity index (χ1) is 10.4. The Kier molecular flexibility index (Phi) is 5.11. The SMILES string of the molecule is Cc1cnc(NC(=O)c2cccc(NC(=O)NC(C)C)c2)s1. The van der Waals surface area contributed by atoms with E-state index in [0.29, 0.717) is 16.4 Å². The van der Waals surface area contributed by atoms with Crippen molar-refractivity contribution in [1.82, 2.24) is 10.3 Å². The van der Waals surface area contributed by atoms with E-state index in [1.807, 2.05) is 20.8 Å². The van der Waals surface area contributed by atoms with Crippen LogP contribution < -0.4 is 16.0 Å². The van der Waals surface area contributed by atoms with Gasteiger partial charge in [-0.05, 0) is 39.0 Å². The minimum atomic E-state index is -0.303. The fourth-order valence-electron chi connectivity index (χ4n) is 1.75. The van der Waals surface area contributed by atoms with Crippen LogP contribution in [0.4, 0.5) is 15.6 Å². The number of carbonyl (C=O) groups is 2. The summed E-state index contributed by atoms with van der Waals surface area (Å²) in [5, 5.41) is 8.70. The number of aryl methyl sites for hydroxylation is 1. The number of benzene rings is 1. The highest BCUT2D eigenvalue weighted by atomic mass is 32.1. The molecule has 6 nitrogen and oxygen atoms in total. The Balaban J connectivity index is 2.04. The van der Waals surface area contributed by atoms with Gasteiger partial charge >= 0.3 is 6.03 Å². The maximum atomic E-state index is 12.2. The van der Waals surface area contributed by atoms with Crippen LogP contribution in [-0.4, -0.2) is 23.0 Å². The van der Waals surface area contributed by atoms with E-state index in [1.165, 1.54) is 11.3 Å². The van der Waals surface area contributed by atoms with Crippen LogP contribution in [0.15, 0.2) is 30.5 Å². The number of urea groups is 1. The van der Waals surface area contributed by atoms with Crippen molar-refractivity contribution in [2.24, 2.45) is 0 Å². The van der Waals surface area contributed by atoms with Gasteiger partial charge in [-0.15, -0.1) is 11.3 Å². The molecule has 3 N–H and O–H groups in total. The molecule has 22 heavy (non-hydrogen) atoms. The Labute approximate surface area is 133 Å². The van der Waals surface area contributed by atoms with Gasteiger partial charge in [0.15, 0.2) is 5.13 Å². The van der Waals surface area contributed by atoms with E-state index in [4.69, 9.17) is 0 Å². The summed E-state index contributed by atoms with van der Waals surface area (Å²) < 4.78 is 0. The molecule has 0 atom stereocenters. The molecule has 1 aromatic carbocycles. The van der Waals surface area contributed by atoms with E-state index < -0.39 is 0 Å². The molecule has 0 radical (unpaired) electrons. The Hall–Kier alpha value is -2.41. The van der Waals surface area contributed by atoms with Gasteiger partial charge in [0.2, 0.25) is 0 Å². The van der Waals surface area contributed by atoms with Crippen molar-refractivity contribution in [3.63, 3.8) is 0 Å². The lowest BCUT2D eigenvalue weighted by atomic mass is 10.2. The number of thiazole rings is 1. The second kappa shape index (κ2) is 7.04. The lowest BCUT2D eigenvalue weighted by molar-refractivity contribution is 0.102. The van der Waals surface area contributed by atoms with Crippen molar-refractivity contribution in [3.8, 4) is 0 Å². The Morgan fingerprint density at radius 2 is 2.00 bits per heavy atom. The van der Waals surface area contributed by atoms with Crippen LogP contribution in [0.25, 0.3) is 0 Å². The monoisotopic (exact) mass is 318 g/mol. The van der Waals surface area contributed by atoms with E-state index in [-0.39, 0.29) is 18.0 Å². The fourth-order valence-corrected chi connectivity index (χ4v) is 2.41. The molecule has 0 aliphatic heterocycles. The molecule has 2 rings (SSSR count). The lowest BCUT2D eigenvalue weighted by Gasteiger charge is -2.10. The molecular formula is C15H18N4O2S. The quantitative estimate of drug-likeness (QED) is 0.809. The highest BCUT2D eigenvalue weighted by Gasteiger charge is 2.10. The van der Waals surface area contributed by atoms with Crippen LogP contribution in [-0.2, 0) is 0 Å². The molecule has 0 unspecified atom stereocenters. The molecule has 0 saturated carbocycles. The second-order valence-corrected chi connectivity index (χ2v) is 6.30. The molecule has 0 fully saturated rings. The predicted octanol–water partition coefficient (Wildman–Crippen LogP) is 3.23. The first kappa shape index (κ1) is 16.0. The largest absolute Gasteiger partial charge is 0.336 e. The van der Waals surface area contributed by atoms with Gasteiger partial charge < -0.3 is 10.6 Å². The van der Waals surface area contributed by atoms with Gasteiger partial charge in [0.25, 0.3) is 5.91 Å². The zero-order valence-corrected chi connectivity index (χ0v) is 13.5. The molecule has 2 aromatic rings. The molecular weight excluding hydrogens is 300 g/mol. The summed E-state index contributed by atoms with van der Waals surface area (Å²) in [6.45, 7) is 5.67. The third-order valence-corrected chi connectivity index (χ3v) is 3.47. The van der Waals surface area contributed by atoms with E-state index >= 15 is 0 Å². The van der Waals surface area contributed by atoms with Gasteiger partial charge in [0.05, 0.1) is 0 Å². The van der Waals surface area contributed by atoms with Crippen LogP contribution in [0.5, 0.6) is 0 Å². The summed E-state index contributed by atoms with van der Waals surface area (Å²) in [4.78, 5) is 28.9. The highest BCUT2D eigenvalue weighted by Crippen LogP contribution is 2.18. The average molecular weight is 318 g/mol. The third-order valence-electron chi connectivity index (χ3n) is 2.64. The maximum Gasteiger partial charge on any atom is 0.319 e. The van der Waals surface area contributed by atoms with Crippen LogP contribution in [0.2, 0.25) is 0 Å². The Morgan fingerprint density at radius 3 is 2.64 bits per heavy atom. The number of amides is 3. The maximum absolute atomic E-state index is 12.2. The smallest absolute Gasteiger partial charge is 0.319 e. The molecule has 0 aliphatic carbocycles. The van der Waals surface area contributed by atoms with E-state index in [9.17, 15) is 9.59 Å². The first-order valence-corrected chi connectivity index (χ1v) is 7.67. The number of anilines is 2. The van der Waals surface area contributed by atoms with E-state index in [0.717, 1.165) is 4.88 Å². The number of hydrogen-bond donors (Lipinski definition) is 3. The molecule has 116 valence electrons. The predicted molar refractivity (Wildman–Crippen MR) is 88.5 cm³/mol. The summed E-state index contributed by atoms with van der Waals surface area (Å²) in [5.74, 6) is -0.262. The minimum Gasteiger partial charge on any atom is -0.336 e. The van der Waals surface area contributed by atoms with Crippen molar-refractivity contribution in [2.75, 3.05) is 10.6 Å². The molecule has 0 aliphatic rings. The van der Waals surface area contributed by atoms with Gasteiger partial charge in [0.1, 0.15) is 0 Å². The Morgan fingerprint density at radius 1 is 1.23 bits per heavy atom. The zero-order valence-electron chi connectivity index (χ0n) is 12.6. The van der Waals surface area contributed by atoms with Crippen molar-refractivity contribution >= 4 is 34.1 Å². The highest BCUT2D eigenvalue weighted by molar-refractivity contribution is 7.15. The number of hydrogen-bond acceptors (Lipinski definition) is 4. The Bertz CT molecular complexity index is 682. The molecule has 0 saturated heterocycles. The second-order valence-electron chi connectivity index (χ2n) is 5.06. The van der Waals surface area contributed by atoms with E-state index in [2.05, 4.69) is 20.9 Å². The zero-order chi connectivity index (χ0) is 16.1. The normalized spacial score (nSPS) is 10.4. The van der Waals surface area contributed by atoms with Gasteiger partial charge in [-0.25, -0.2) is 9.78 Å². The number of carbonyl (C=O) groups excluding carboxylic acids is 2. The van der Waals surface area contributed by atoms with Crippen molar-refractivity contribution < 1.29 is 9.59 Å². The lowest BCUT2D eigenvalue weighted by Crippen LogP contribution is -2.34. The average Bonchev–Trinajstić information content (AvgIpc) is 2.83.